The number of hydrogen-bond acceptors (Lipinski definition) is 2. The molecule has 1 heterocycles. The second-order valence-electron chi connectivity index (χ2n) is 6.32. The van der Waals surface area contributed by atoms with Gasteiger partial charge >= 0.3 is 0 Å². The van der Waals surface area contributed by atoms with Gasteiger partial charge in [-0.2, -0.15) is 0 Å². The fourth-order valence-electron chi connectivity index (χ4n) is 3.36. The number of aromatic nitrogens is 2. The molecule has 1 N–H and O–H groups in total. The molecule has 19 heavy (non-hydrogen) atoms. The number of nitrogens with one attached hydrogen (secondary N) is 1. The molecule has 0 saturated heterocycles. The summed E-state index contributed by atoms with van der Waals surface area (Å²) in [6.07, 6.45) is 5.81. The van der Waals surface area contributed by atoms with Crippen molar-refractivity contribution in [1.82, 2.24) is 14.9 Å². The normalized spacial score (nSPS) is 20.9. The van der Waals surface area contributed by atoms with Gasteiger partial charge in [-0.05, 0) is 49.1 Å². The van der Waals surface area contributed by atoms with Gasteiger partial charge in [-0.15, -0.1) is 0 Å². The zero-order valence-corrected chi connectivity index (χ0v) is 11.5. The zero-order valence-electron chi connectivity index (χ0n) is 11.5. The predicted octanol–water partition coefficient (Wildman–Crippen LogP) is 2.85. The molecule has 0 aliphatic heterocycles. The number of rotatable bonds is 5. The van der Waals surface area contributed by atoms with Gasteiger partial charge in [0.05, 0.1) is 17.6 Å². The van der Waals surface area contributed by atoms with Crippen molar-refractivity contribution < 1.29 is 0 Å². The van der Waals surface area contributed by atoms with Gasteiger partial charge in [0.1, 0.15) is 5.82 Å². The maximum atomic E-state index is 4.71. The summed E-state index contributed by atoms with van der Waals surface area (Å²) in [5.74, 6) is 2.17. The maximum absolute atomic E-state index is 4.71. The van der Waals surface area contributed by atoms with E-state index in [2.05, 4.69) is 41.2 Å². The highest BCUT2D eigenvalue weighted by molar-refractivity contribution is 5.75. The van der Waals surface area contributed by atoms with Crippen LogP contribution in [0.3, 0.4) is 0 Å². The molecule has 4 rings (SSSR count). The molecule has 2 aliphatic carbocycles. The van der Waals surface area contributed by atoms with E-state index in [0.29, 0.717) is 5.41 Å². The molecule has 0 spiro atoms. The molecular formula is C16H21N3. The molecular weight excluding hydrogens is 234 g/mol. The van der Waals surface area contributed by atoms with Crippen molar-refractivity contribution in [1.29, 1.82) is 0 Å². The Labute approximate surface area is 114 Å². The van der Waals surface area contributed by atoms with Crippen LogP contribution >= 0.6 is 0 Å². The van der Waals surface area contributed by atoms with E-state index in [1.54, 1.807) is 0 Å². The maximum Gasteiger partial charge on any atom is 0.123 e. The van der Waals surface area contributed by atoms with Gasteiger partial charge in [-0.3, -0.25) is 0 Å². The lowest BCUT2D eigenvalue weighted by Crippen LogP contribution is -2.26. The van der Waals surface area contributed by atoms with Crippen LogP contribution in [0.4, 0.5) is 0 Å². The lowest BCUT2D eigenvalue weighted by atomic mass is 10.0. The Bertz CT molecular complexity index is 605. The second kappa shape index (κ2) is 4.07. The minimum Gasteiger partial charge on any atom is -0.330 e. The summed E-state index contributed by atoms with van der Waals surface area (Å²) < 4.78 is 2.21. The number of benzene rings is 1. The summed E-state index contributed by atoms with van der Waals surface area (Å²) in [6, 6.07) is 8.36. The second-order valence-corrected chi connectivity index (χ2v) is 6.32. The fraction of sp³-hybridized carbons (Fsp3) is 0.562. The Balaban J connectivity index is 1.45. The number of hydrogen-bond donors (Lipinski definition) is 1. The first-order valence-electron chi connectivity index (χ1n) is 7.40. The summed E-state index contributed by atoms with van der Waals surface area (Å²) in [4.78, 5) is 4.71. The first kappa shape index (κ1) is 11.5. The van der Waals surface area contributed by atoms with E-state index in [9.17, 15) is 0 Å². The number of imidazole rings is 1. The van der Waals surface area contributed by atoms with Crippen molar-refractivity contribution in [3.8, 4) is 0 Å². The highest BCUT2D eigenvalue weighted by Gasteiger charge is 2.53. The predicted molar refractivity (Wildman–Crippen MR) is 76.8 cm³/mol. The van der Waals surface area contributed by atoms with Crippen LogP contribution in [0.1, 0.15) is 31.5 Å². The first-order chi connectivity index (χ1) is 9.28. The summed E-state index contributed by atoms with van der Waals surface area (Å²) in [6.45, 7) is 2.07. The molecule has 100 valence electrons. The van der Waals surface area contributed by atoms with Crippen molar-refractivity contribution >= 4 is 11.0 Å². The molecule has 0 atom stereocenters. The quantitative estimate of drug-likeness (QED) is 0.890. The van der Waals surface area contributed by atoms with Crippen LogP contribution in [0.2, 0.25) is 0 Å². The largest absolute Gasteiger partial charge is 0.330 e. The van der Waals surface area contributed by atoms with E-state index in [4.69, 9.17) is 4.98 Å². The lowest BCUT2D eigenvalue weighted by molar-refractivity contribution is 0.400. The monoisotopic (exact) mass is 255 g/mol. The topological polar surface area (TPSA) is 29.9 Å². The Morgan fingerprint density at radius 2 is 2.11 bits per heavy atom. The molecule has 2 aromatic rings. The third kappa shape index (κ3) is 1.96. The third-order valence-electron chi connectivity index (χ3n) is 4.98. The Kier molecular flexibility index (Phi) is 2.46. The van der Waals surface area contributed by atoms with Gasteiger partial charge in [0, 0.05) is 13.6 Å². The molecule has 0 radical (unpaired) electrons. The van der Waals surface area contributed by atoms with Crippen molar-refractivity contribution in [3.05, 3.63) is 30.1 Å². The highest BCUT2D eigenvalue weighted by atomic mass is 15.1. The summed E-state index contributed by atoms with van der Waals surface area (Å²) >= 11 is 0. The van der Waals surface area contributed by atoms with Crippen LogP contribution in [0.15, 0.2) is 24.3 Å². The van der Waals surface area contributed by atoms with E-state index in [1.807, 2.05) is 0 Å². The van der Waals surface area contributed by atoms with Crippen molar-refractivity contribution in [3.63, 3.8) is 0 Å². The zero-order chi connectivity index (χ0) is 12.9. The molecule has 2 aliphatic rings. The molecule has 2 fully saturated rings. The number of aryl methyl sites for hydroxylation is 1. The van der Waals surface area contributed by atoms with Crippen LogP contribution in [0, 0.1) is 11.3 Å². The number of para-hydroxylation sites is 2. The van der Waals surface area contributed by atoms with Crippen LogP contribution in [-0.2, 0) is 13.6 Å². The van der Waals surface area contributed by atoms with Crippen LogP contribution in [0.5, 0.6) is 0 Å². The molecule has 1 aromatic heterocycles. The highest BCUT2D eigenvalue weighted by Crippen LogP contribution is 2.60. The lowest BCUT2D eigenvalue weighted by Gasteiger charge is -2.14. The average molecular weight is 255 g/mol. The third-order valence-corrected chi connectivity index (χ3v) is 4.98. The number of fused-ring (bicyclic) bond motifs is 1. The van der Waals surface area contributed by atoms with Crippen molar-refractivity contribution in [2.24, 2.45) is 18.4 Å². The van der Waals surface area contributed by atoms with Crippen LogP contribution < -0.4 is 5.32 Å². The van der Waals surface area contributed by atoms with Crippen molar-refractivity contribution in [2.45, 2.75) is 32.2 Å². The summed E-state index contributed by atoms with van der Waals surface area (Å²) in [7, 11) is 2.11. The molecule has 1 aromatic carbocycles. The SMILES string of the molecule is Cn1c(CNCC2(C3CC3)CC2)nc2ccccc21. The Hall–Kier alpha value is -1.35. The van der Waals surface area contributed by atoms with Crippen LogP contribution in [-0.4, -0.2) is 16.1 Å². The van der Waals surface area contributed by atoms with Gasteiger partial charge in [-0.1, -0.05) is 12.1 Å². The van der Waals surface area contributed by atoms with Gasteiger partial charge in [0.25, 0.3) is 0 Å². The fourth-order valence-corrected chi connectivity index (χ4v) is 3.36. The van der Waals surface area contributed by atoms with E-state index >= 15 is 0 Å². The molecule has 0 amide bonds. The first-order valence-corrected chi connectivity index (χ1v) is 7.40. The van der Waals surface area contributed by atoms with E-state index in [-0.39, 0.29) is 0 Å². The van der Waals surface area contributed by atoms with E-state index in [0.717, 1.165) is 23.8 Å². The average Bonchev–Trinajstić information content (AvgIpc) is 3.30. The molecule has 2 saturated carbocycles. The standard InChI is InChI=1S/C16H21N3/c1-19-14-5-3-2-4-13(14)18-15(19)10-17-11-16(8-9-16)12-6-7-12/h2-5,12,17H,6-11H2,1H3. The minimum atomic E-state index is 0.671. The van der Waals surface area contributed by atoms with Gasteiger partial charge in [0.2, 0.25) is 0 Å². The van der Waals surface area contributed by atoms with Gasteiger partial charge < -0.3 is 9.88 Å². The van der Waals surface area contributed by atoms with Crippen molar-refractivity contribution in [2.75, 3.05) is 6.54 Å². The number of nitrogens with zero attached hydrogens (tertiary/aromatic N) is 2. The molecule has 0 bridgehead atoms. The molecule has 3 heteroatoms. The van der Waals surface area contributed by atoms with Gasteiger partial charge in [-0.25, -0.2) is 4.98 Å². The minimum absolute atomic E-state index is 0.671. The van der Waals surface area contributed by atoms with E-state index in [1.165, 1.54) is 37.7 Å². The van der Waals surface area contributed by atoms with E-state index < -0.39 is 0 Å². The van der Waals surface area contributed by atoms with Crippen LogP contribution in [0.25, 0.3) is 11.0 Å². The Morgan fingerprint density at radius 3 is 2.79 bits per heavy atom. The molecule has 3 nitrogen and oxygen atoms in total. The van der Waals surface area contributed by atoms with Gasteiger partial charge in [0.15, 0.2) is 0 Å². The Morgan fingerprint density at radius 1 is 1.32 bits per heavy atom. The molecule has 0 unspecified atom stereocenters. The smallest absolute Gasteiger partial charge is 0.123 e. The summed E-state index contributed by atoms with van der Waals surface area (Å²) in [5, 5.41) is 3.64. The summed E-state index contributed by atoms with van der Waals surface area (Å²) in [5.41, 5.74) is 3.00.